The fourth-order valence-corrected chi connectivity index (χ4v) is 5.14. The van der Waals surface area contributed by atoms with Crippen molar-refractivity contribution in [3.05, 3.63) is 95.8 Å². The van der Waals surface area contributed by atoms with Gasteiger partial charge in [0.15, 0.2) is 5.78 Å². The number of carbonyl (C=O) groups is 5. The van der Waals surface area contributed by atoms with Gasteiger partial charge in [0.25, 0.3) is 0 Å². The van der Waals surface area contributed by atoms with Gasteiger partial charge in [0.05, 0.1) is 37.1 Å². The smallest absolute Gasteiger partial charge is 0.328 e. The van der Waals surface area contributed by atoms with Gasteiger partial charge < -0.3 is 35.3 Å². The maximum Gasteiger partial charge on any atom is 0.328 e. The van der Waals surface area contributed by atoms with Gasteiger partial charge in [-0.3, -0.25) is 14.4 Å². The molecule has 12 nitrogen and oxygen atoms in total. The molecular weight excluding hydrogens is 630 g/mol. The molecule has 4 N–H and O–H groups in total. The molecule has 3 amide bonds. The highest BCUT2D eigenvalue weighted by Gasteiger charge is 2.30. The molecule has 2 bridgehead atoms. The van der Waals surface area contributed by atoms with Crippen molar-refractivity contribution in [2.24, 2.45) is 5.92 Å². The first-order chi connectivity index (χ1) is 23.4. The van der Waals surface area contributed by atoms with Crippen LogP contribution < -0.4 is 20.7 Å². The fraction of sp³-hybridized carbons (Fsp3) is 0.378. The third-order valence-electron chi connectivity index (χ3n) is 8.02. The van der Waals surface area contributed by atoms with Crippen molar-refractivity contribution in [1.29, 1.82) is 0 Å². The normalized spacial score (nSPS) is 26.2. The summed E-state index contributed by atoms with van der Waals surface area (Å²) < 4.78 is 16.5. The van der Waals surface area contributed by atoms with E-state index in [1.54, 1.807) is 80.6 Å². The molecule has 262 valence electrons. The Kier molecular flexibility index (Phi) is 14.9. The van der Waals surface area contributed by atoms with Gasteiger partial charge in [-0.1, -0.05) is 61.6 Å². The summed E-state index contributed by atoms with van der Waals surface area (Å²) in [6, 6.07) is 5.20. The van der Waals surface area contributed by atoms with Gasteiger partial charge in [-0.05, 0) is 50.5 Å². The Hall–Kier alpha value is -5.07. The number of amides is 3. The molecule has 1 unspecified atom stereocenters. The van der Waals surface area contributed by atoms with E-state index < -0.39 is 59.7 Å². The molecule has 0 spiro atoms. The standard InChI is InChI=1S/C37H45N3O9/c1-23-14-13-15-26-20-27(41)21-30(35(26)44)39-33(42)22-28(47-4)16-9-7-6-8-10-18-31(24(2)34(23)43)49-36(45)25(3)38-37(46)40-29-17-11-12-19-32(29)48-5/h6-12,14,16-17,19-21,24-25,28,31,34,43H,13,15,18,22H2,1-5H3,(H,39,42)(H2,38,40,46)/b7-6+,10-8+,16-9+,23-14-/t24-,25?,28-,31-,34-/m0/s1. The Morgan fingerprint density at radius 2 is 1.78 bits per heavy atom. The number of fused-ring (bicyclic) bond motifs is 2. The van der Waals surface area contributed by atoms with Crippen LogP contribution in [0.1, 0.15) is 46.5 Å². The highest BCUT2D eigenvalue weighted by atomic mass is 16.5. The highest BCUT2D eigenvalue weighted by Crippen LogP contribution is 2.25. The van der Waals surface area contributed by atoms with Crippen molar-refractivity contribution in [2.75, 3.05) is 19.5 Å². The summed E-state index contributed by atoms with van der Waals surface area (Å²) in [5.74, 6) is -2.15. The molecule has 1 aromatic rings. The van der Waals surface area contributed by atoms with Crippen molar-refractivity contribution in [1.82, 2.24) is 10.6 Å². The number of hydrogen-bond donors (Lipinski definition) is 4. The maximum absolute atomic E-state index is 13.2. The van der Waals surface area contributed by atoms with Gasteiger partial charge in [0.1, 0.15) is 17.9 Å². The molecule has 1 aliphatic heterocycles. The molecule has 0 saturated carbocycles. The molecule has 1 heterocycles. The monoisotopic (exact) mass is 675 g/mol. The number of esters is 1. The van der Waals surface area contributed by atoms with Crippen LogP contribution >= 0.6 is 0 Å². The third kappa shape index (κ3) is 11.8. The zero-order chi connectivity index (χ0) is 35.9. The summed E-state index contributed by atoms with van der Waals surface area (Å²) in [5.41, 5.74) is 1.15. The highest BCUT2D eigenvalue weighted by molar-refractivity contribution is 6.21. The van der Waals surface area contributed by atoms with Crippen LogP contribution in [0.15, 0.2) is 95.8 Å². The van der Waals surface area contributed by atoms with Gasteiger partial charge in [-0.25, -0.2) is 9.59 Å². The molecule has 0 fully saturated rings. The number of ketones is 2. The third-order valence-corrected chi connectivity index (χ3v) is 8.02. The minimum Gasteiger partial charge on any atom is -0.495 e. The number of urea groups is 1. The van der Waals surface area contributed by atoms with Crippen molar-refractivity contribution >= 4 is 35.2 Å². The lowest BCUT2D eigenvalue weighted by Gasteiger charge is -2.29. The quantitative estimate of drug-likeness (QED) is 0.194. The molecule has 49 heavy (non-hydrogen) atoms. The molecular formula is C37H45N3O9. The number of aliphatic hydroxyl groups excluding tert-OH is 1. The first-order valence-electron chi connectivity index (χ1n) is 16.0. The number of para-hydroxylation sites is 2. The largest absolute Gasteiger partial charge is 0.495 e. The summed E-state index contributed by atoms with van der Waals surface area (Å²) in [6.07, 6.45) is 12.8. The van der Waals surface area contributed by atoms with E-state index >= 15 is 0 Å². The number of hydrogen-bond acceptors (Lipinski definition) is 9. The van der Waals surface area contributed by atoms with E-state index in [2.05, 4.69) is 16.0 Å². The predicted octanol–water partition coefficient (Wildman–Crippen LogP) is 4.40. The Morgan fingerprint density at radius 1 is 1.04 bits per heavy atom. The lowest BCUT2D eigenvalue weighted by Crippen LogP contribution is -2.44. The molecule has 0 saturated heterocycles. The minimum atomic E-state index is -1.02. The van der Waals surface area contributed by atoms with Gasteiger partial charge in [0.2, 0.25) is 11.7 Å². The Bertz CT molecular complexity index is 1570. The first kappa shape index (κ1) is 38.4. The van der Waals surface area contributed by atoms with Gasteiger partial charge >= 0.3 is 12.0 Å². The number of rotatable bonds is 6. The molecule has 1 aliphatic carbocycles. The minimum absolute atomic E-state index is 0.0747. The zero-order valence-electron chi connectivity index (χ0n) is 28.4. The van der Waals surface area contributed by atoms with E-state index in [-0.39, 0.29) is 30.5 Å². The summed E-state index contributed by atoms with van der Waals surface area (Å²) in [6.45, 7) is 4.98. The number of Topliss-reactive ketones (excluding diaryl/α,β-unsaturated/α-hetero) is 1. The maximum atomic E-state index is 13.2. The summed E-state index contributed by atoms with van der Waals surface area (Å²) in [4.78, 5) is 63.9. The van der Waals surface area contributed by atoms with Gasteiger partial charge in [-0.15, -0.1) is 0 Å². The van der Waals surface area contributed by atoms with Crippen LogP contribution in [-0.4, -0.2) is 73.2 Å². The Morgan fingerprint density at radius 3 is 2.51 bits per heavy atom. The Balaban J connectivity index is 1.79. The average molecular weight is 676 g/mol. The number of aliphatic hydroxyl groups is 1. The van der Waals surface area contributed by atoms with Crippen LogP contribution in [0.2, 0.25) is 0 Å². The molecule has 5 atom stereocenters. The molecule has 12 heteroatoms. The number of ether oxygens (including phenoxy) is 3. The first-order valence-corrected chi connectivity index (χ1v) is 16.0. The average Bonchev–Trinajstić information content (AvgIpc) is 3.07. The summed E-state index contributed by atoms with van der Waals surface area (Å²) in [5, 5.41) is 19.0. The van der Waals surface area contributed by atoms with E-state index in [9.17, 15) is 29.1 Å². The van der Waals surface area contributed by atoms with Crippen molar-refractivity contribution in [3.63, 3.8) is 0 Å². The van der Waals surface area contributed by atoms with Crippen molar-refractivity contribution in [2.45, 2.75) is 70.8 Å². The van der Waals surface area contributed by atoms with E-state index in [1.165, 1.54) is 27.2 Å². The lowest BCUT2D eigenvalue weighted by atomic mass is 9.90. The number of nitrogens with one attached hydrogen (secondary N) is 3. The fourth-order valence-electron chi connectivity index (χ4n) is 5.14. The second-order valence-electron chi connectivity index (χ2n) is 11.7. The van der Waals surface area contributed by atoms with Crippen LogP contribution in [0.5, 0.6) is 5.75 Å². The topological polar surface area (TPSA) is 169 Å². The summed E-state index contributed by atoms with van der Waals surface area (Å²) in [7, 11) is 2.94. The van der Waals surface area contributed by atoms with Crippen LogP contribution in [0.4, 0.5) is 10.5 Å². The van der Waals surface area contributed by atoms with Crippen molar-refractivity contribution in [3.8, 4) is 5.75 Å². The molecule has 0 radical (unpaired) electrons. The number of allylic oxidation sites excluding steroid dienone is 8. The van der Waals surface area contributed by atoms with Gasteiger partial charge in [0, 0.05) is 31.1 Å². The number of methoxy groups -OCH3 is 2. The number of benzene rings is 1. The van der Waals surface area contributed by atoms with E-state index in [1.807, 2.05) is 0 Å². The van der Waals surface area contributed by atoms with E-state index in [4.69, 9.17) is 14.2 Å². The molecule has 1 aromatic carbocycles. The second-order valence-corrected chi connectivity index (χ2v) is 11.7. The molecule has 3 rings (SSSR count). The van der Waals surface area contributed by atoms with E-state index in [0.717, 1.165) is 6.08 Å². The number of carbonyl (C=O) groups excluding carboxylic acids is 5. The van der Waals surface area contributed by atoms with Gasteiger partial charge in [-0.2, -0.15) is 0 Å². The lowest BCUT2D eigenvalue weighted by molar-refractivity contribution is -0.154. The number of anilines is 1. The van der Waals surface area contributed by atoms with Crippen LogP contribution in [0.25, 0.3) is 0 Å². The molecule has 0 aromatic heterocycles. The SMILES string of the molecule is COc1ccccc1NC(=O)NC(C)C(=O)O[C@H]1C/C=C/C=C/C=C/[C@H](OC)CC(=O)NC2=CC(=O)C=C(CC/C=C(/C)[C@H](O)[C@H]1C)C2=O. The second kappa shape index (κ2) is 19.1. The zero-order valence-corrected chi connectivity index (χ0v) is 28.4. The van der Waals surface area contributed by atoms with Crippen molar-refractivity contribution < 1.29 is 43.3 Å². The van der Waals surface area contributed by atoms with Crippen LogP contribution in [0, 0.1) is 5.92 Å². The van der Waals surface area contributed by atoms with Crippen LogP contribution in [0.3, 0.4) is 0 Å². The molecule has 2 aliphatic rings. The predicted molar refractivity (Wildman–Crippen MR) is 184 cm³/mol. The summed E-state index contributed by atoms with van der Waals surface area (Å²) >= 11 is 0. The van der Waals surface area contributed by atoms with E-state index in [0.29, 0.717) is 23.4 Å². The Labute approximate surface area is 286 Å². The van der Waals surface area contributed by atoms with Crippen LogP contribution in [-0.2, 0) is 28.7 Å².